The van der Waals surface area contributed by atoms with Crippen molar-refractivity contribution in [2.75, 3.05) is 23.3 Å². The zero-order valence-corrected chi connectivity index (χ0v) is 16.0. The predicted octanol–water partition coefficient (Wildman–Crippen LogP) is 4.95. The molecule has 0 saturated heterocycles. The second-order valence-electron chi connectivity index (χ2n) is 6.45. The van der Waals surface area contributed by atoms with Gasteiger partial charge in [-0.15, -0.1) is 0 Å². The molecule has 0 atom stereocenters. The molecule has 1 heterocycles. The molecule has 2 aromatic carbocycles. The Hall–Kier alpha value is -2.89. The number of aromatic amines is 1. The zero-order chi connectivity index (χ0) is 19.4. The van der Waals surface area contributed by atoms with E-state index in [1.165, 1.54) is 12.1 Å². The zero-order valence-electron chi connectivity index (χ0n) is 16.0. The second kappa shape index (κ2) is 8.20. The molecule has 3 aromatic rings. The van der Waals surface area contributed by atoms with E-state index in [4.69, 9.17) is 0 Å². The quantitative estimate of drug-likeness (QED) is 0.620. The molecule has 6 heteroatoms. The number of anilines is 2. The molecule has 0 unspecified atom stereocenters. The van der Waals surface area contributed by atoms with E-state index in [9.17, 15) is 9.18 Å². The van der Waals surface area contributed by atoms with Crippen molar-refractivity contribution >= 4 is 28.3 Å². The second-order valence-corrected chi connectivity index (χ2v) is 6.45. The number of hydrogen-bond donors (Lipinski definition) is 2. The maximum absolute atomic E-state index is 13.2. The average Bonchev–Trinajstić information content (AvgIpc) is 3.06. The molecule has 0 radical (unpaired) electrons. The van der Waals surface area contributed by atoms with Crippen LogP contribution in [0.25, 0.3) is 22.4 Å². The summed E-state index contributed by atoms with van der Waals surface area (Å²) in [5.41, 5.74) is 4.18. The Bertz CT molecular complexity index is 929. The summed E-state index contributed by atoms with van der Waals surface area (Å²) in [6.07, 6.45) is 1.28. The molecule has 0 fully saturated rings. The van der Waals surface area contributed by atoms with Crippen molar-refractivity contribution in [1.82, 2.24) is 9.97 Å². The van der Waals surface area contributed by atoms with Gasteiger partial charge >= 0.3 is 0 Å². The van der Waals surface area contributed by atoms with E-state index >= 15 is 0 Å². The van der Waals surface area contributed by atoms with E-state index in [0.717, 1.165) is 47.5 Å². The predicted molar refractivity (Wildman–Crippen MR) is 109 cm³/mol. The standard InChI is InChI=1S/C21H25FN4O/c1-4-7-20(27)23-18-12-16-17(13-19(18)26(5-2)6-3)25-21(24-16)14-8-10-15(22)11-9-14/h8-13H,4-7H2,1-3H3,(H,23,27)(H,24,25). The van der Waals surface area contributed by atoms with Gasteiger partial charge in [0.25, 0.3) is 0 Å². The number of imidazole rings is 1. The molecular weight excluding hydrogens is 343 g/mol. The highest BCUT2D eigenvalue weighted by atomic mass is 19.1. The fraction of sp³-hybridized carbons (Fsp3) is 0.333. The molecule has 0 bridgehead atoms. The molecule has 1 amide bonds. The Morgan fingerprint density at radius 3 is 2.48 bits per heavy atom. The largest absolute Gasteiger partial charge is 0.370 e. The third-order valence-electron chi connectivity index (χ3n) is 4.57. The van der Waals surface area contributed by atoms with Crippen molar-refractivity contribution in [1.29, 1.82) is 0 Å². The summed E-state index contributed by atoms with van der Waals surface area (Å²) in [7, 11) is 0. The number of fused-ring (bicyclic) bond motifs is 1. The molecule has 0 aliphatic heterocycles. The molecule has 1 aromatic heterocycles. The number of benzene rings is 2. The van der Waals surface area contributed by atoms with Gasteiger partial charge < -0.3 is 15.2 Å². The molecule has 3 rings (SSSR count). The van der Waals surface area contributed by atoms with E-state index in [-0.39, 0.29) is 11.7 Å². The van der Waals surface area contributed by atoms with Gasteiger partial charge in [-0.05, 0) is 56.7 Å². The Balaban J connectivity index is 2.06. The SMILES string of the molecule is CCCC(=O)Nc1cc2[nH]c(-c3ccc(F)cc3)nc2cc1N(CC)CC. The fourth-order valence-electron chi connectivity index (χ4n) is 3.16. The maximum atomic E-state index is 13.2. The van der Waals surface area contributed by atoms with Gasteiger partial charge in [-0.1, -0.05) is 6.92 Å². The van der Waals surface area contributed by atoms with E-state index in [0.29, 0.717) is 12.2 Å². The number of rotatable bonds is 7. The van der Waals surface area contributed by atoms with Crippen molar-refractivity contribution in [2.45, 2.75) is 33.6 Å². The molecule has 5 nitrogen and oxygen atoms in total. The number of nitrogens with zero attached hydrogens (tertiary/aromatic N) is 2. The van der Waals surface area contributed by atoms with Crippen LogP contribution in [0.2, 0.25) is 0 Å². The molecule has 0 aliphatic rings. The van der Waals surface area contributed by atoms with Gasteiger partial charge in [0.05, 0.1) is 22.4 Å². The van der Waals surface area contributed by atoms with Gasteiger partial charge in [0.1, 0.15) is 11.6 Å². The van der Waals surface area contributed by atoms with Crippen molar-refractivity contribution in [2.24, 2.45) is 0 Å². The van der Waals surface area contributed by atoms with Gasteiger partial charge in [-0.25, -0.2) is 9.37 Å². The first-order valence-electron chi connectivity index (χ1n) is 9.40. The molecule has 0 aliphatic carbocycles. The number of halogens is 1. The number of H-pyrrole nitrogens is 1. The molecule has 0 saturated carbocycles. The van der Waals surface area contributed by atoms with Crippen molar-refractivity contribution in [3.8, 4) is 11.4 Å². The minimum Gasteiger partial charge on any atom is -0.370 e. The highest BCUT2D eigenvalue weighted by molar-refractivity contribution is 5.98. The van der Waals surface area contributed by atoms with Crippen LogP contribution in [0, 0.1) is 5.82 Å². The van der Waals surface area contributed by atoms with Gasteiger partial charge in [0.15, 0.2) is 0 Å². The van der Waals surface area contributed by atoms with Crippen LogP contribution in [-0.4, -0.2) is 29.0 Å². The van der Waals surface area contributed by atoms with Crippen LogP contribution in [0.5, 0.6) is 0 Å². The average molecular weight is 368 g/mol. The van der Waals surface area contributed by atoms with Crippen LogP contribution in [0.3, 0.4) is 0 Å². The molecular formula is C21H25FN4O. The first kappa shape index (κ1) is 18.9. The van der Waals surface area contributed by atoms with Gasteiger partial charge in [-0.2, -0.15) is 0 Å². The minimum atomic E-state index is -0.278. The van der Waals surface area contributed by atoms with Crippen LogP contribution in [0.4, 0.5) is 15.8 Å². The number of nitrogens with one attached hydrogen (secondary N) is 2. The summed E-state index contributed by atoms with van der Waals surface area (Å²) in [4.78, 5) is 22.3. The first-order valence-corrected chi connectivity index (χ1v) is 9.40. The number of amides is 1. The third-order valence-corrected chi connectivity index (χ3v) is 4.57. The van der Waals surface area contributed by atoms with Crippen LogP contribution in [-0.2, 0) is 4.79 Å². The van der Waals surface area contributed by atoms with Gasteiger partial charge in [0.2, 0.25) is 5.91 Å². The number of carbonyl (C=O) groups excluding carboxylic acids is 1. The monoisotopic (exact) mass is 368 g/mol. The summed E-state index contributed by atoms with van der Waals surface area (Å²) in [5, 5.41) is 3.03. The summed E-state index contributed by atoms with van der Waals surface area (Å²) in [6, 6.07) is 10.1. The Morgan fingerprint density at radius 2 is 1.85 bits per heavy atom. The summed E-state index contributed by atoms with van der Waals surface area (Å²) in [5.74, 6) is 0.399. The maximum Gasteiger partial charge on any atom is 0.224 e. The normalized spacial score (nSPS) is 11.0. The van der Waals surface area contributed by atoms with Crippen LogP contribution < -0.4 is 10.2 Å². The van der Waals surface area contributed by atoms with Crippen molar-refractivity contribution in [3.63, 3.8) is 0 Å². The minimum absolute atomic E-state index is 0.00327. The van der Waals surface area contributed by atoms with Crippen molar-refractivity contribution in [3.05, 3.63) is 42.2 Å². The lowest BCUT2D eigenvalue weighted by molar-refractivity contribution is -0.116. The lowest BCUT2D eigenvalue weighted by atomic mass is 10.2. The Labute approximate surface area is 158 Å². The molecule has 2 N–H and O–H groups in total. The topological polar surface area (TPSA) is 61.0 Å². The summed E-state index contributed by atoms with van der Waals surface area (Å²) in [6.45, 7) is 7.80. The van der Waals surface area contributed by atoms with Gasteiger partial charge in [0, 0.05) is 25.1 Å². The third kappa shape index (κ3) is 4.10. The smallest absolute Gasteiger partial charge is 0.224 e. The molecule has 27 heavy (non-hydrogen) atoms. The van der Waals surface area contributed by atoms with Crippen LogP contribution >= 0.6 is 0 Å². The van der Waals surface area contributed by atoms with E-state index < -0.39 is 0 Å². The first-order chi connectivity index (χ1) is 13.0. The highest BCUT2D eigenvalue weighted by Gasteiger charge is 2.15. The van der Waals surface area contributed by atoms with Crippen LogP contribution in [0.15, 0.2) is 36.4 Å². The Kier molecular flexibility index (Phi) is 5.74. The number of hydrogen-bond acceptors (Lipinski definition) is 3. The number of aromatic nitrogens is 2. The number of carbonyl (C=O) groups is 1. The van der Waals surface area contributed by atoms with Crippen molar-refractivity contribution < 1.29 is 9.18 Å². The Morgan fingerprint density at radius 1 is 1.15 bits per heavy atom. The summed E-state index contributed by atoms with van der Waals surface area (Å²) >= 11 is 0. The van der Waals surface area contributed by atoms with E-state index in [1.807, 2.05) is 19.1 Å². The fourth-order valence-corrected chi connectivity index (χ4v) is 3.16. The van der Waals surface area contributed by atoms with E-state index in [1.54, 1.807) is 12.1 Å². The molecule has 142 valence electrons. The lowest BCUT2D eigenvalue weighted by Gasteiger charge is -2.24. The lowest BCUT2D eigenvalue weighted by Crippen LogP contribution is -2.24. The van der Waals surface area contributed by atoms with E-state index in [2.05, 4.69) is 34.0 Å². The highest BCUT2D eigenvalue weighted by Crippen LogP contribution is 2.32. The van der Waals surface area contributed by atoms with Crippen LogP contribution in [0.1, 0.15) is 33.6 Å². The molecule has 0 spiro atoms. The summed E-state index contributed by atoms with van der Waals surface area (Å²) < 4.78 is 13.2. The van der Waals surface area contributed by atoms with Gasteiger partial charge in [-0.3, -0.25) is 4.79 Å².